The summed E-state index contributed by atoms with van der Waals surface area (Å²) in [7, 11) is 0. The predicted octanol–water partition coefficient (Wildman–Crippen LogP) is 2.37. The Morgan fingerprint density at radius 3 is 3.06 bits per heavy atom. The van der Waals surface area contributed by atoms with Gasteiger partial charge in [0.15, 0.2) is 0 Å². The van der Waals surface area contributed by atoms with Crippen molar-refractivity contribution in [2.75, 3.05) is 19.8 Å². The SMILES string of the molecule is CC(C)COCCCNCc1cncn1C1CC1. The Morgan fingerprint density at radius 2 is 2.33 bits per heavy atom. The minimum atomic E-state index is 0.630. The average Bonchev–Trinajstić information content (AvgIpc) is 3.08. The molecule has 1 heterocycles. The van der Waals surface area contributed by atoms with Gasteiger partial charge in [-0.2, -0.15) is 0 Å². The maximum Gasteiger partial charge on any atom is 0.0951 e. The first kappa shape index (κ1) is 13.6. The number of rotatable bonds is 9. The topological polar surface area (TPSA) is 39.1 Å². The van der Waals surface area contributed by atoms with Gasteiger partial charge < -0.3 is 14.6 Å². The van der Waals surface area contributed by atoms with Crippen LogP contribution in [-0.2, 0) is 11.3 Å². The van der Waals surface area contributed by atoms with Gasteiger partial charge >= 0.3 is 0 Å². The summed E-state index contributed by atoms with van der Waals surface area (Å²) in [6, 6.07) is 0.721. The highest BCUT2D eigenvalue weighted by molar-refractivity contribution is 5.03. The summed E-state index contributed by atoms with van der Waals surface area (Å²) >= 11 is 0. The van der Waals surface area contributed by atoms with Crippen LogP contribution in [0.1, 0.15) is 44.8 Å². The number of hydrogen-bond acceptors (Lipinski definition) is 3. The molecule has 0 atom stereocenters. The Kier molecular flexibility index (Phi) is 5.20. The van der Waals surface area contributed by atoms with Gasteiger partial charge in [-0.25, -0.2) is 4.98 Å². The molecule has 4 heteroatoms. The molecule has 4 nitrogen and oxygen atoms in total. The van der Waals surface area contributed by atoms with Crippen molar-refractivity contribution in [2.24, 2.45) is 5.92 Å². The molecule has 0 spiro atoms. The molecule has 0 aromatic carbocycles. The zero-order valence-electron chi connectivity index (χ0n) is 11.6. The largest absolute Gasteiger partial charge is 0.381 e. The van der Waals surface area contributed by atoms with Crippen molar-refractivity contribution in [1.82, 2.24) is 14.9 Å². The molecule has 1 aliphatic rings. The third-order valence-corrected chi connectivity index (χ3v) is 3.09. The molecule has 1 N–H and O–H groups in total. The van der Waals surface area contributed by atoms with Crippen LogP contribution in [0.25, 0.3) is 0 Å². The number of nitrogens with zero attached hydrogens (tertiary/aromatic N) is 2. The molecule has 102 valence electrons. The van der Waals surface area contributed by atoms with Gasteiger partial charge in [0, 0.05) is 32.0 Å². The van der Waals surface area contributed by atoms with Crippen molar-refractivity contribution in [3.8, 4) is 0 Å². The second-order valence-corrected chi connectivity index (χ2v) is 5.52. The lowest BCUT2D eigenvalue weighted by molar-refractivity contribution is 0.108. The van der Waals surface area contributed by atoms with E-state index in [1.165, 1.54) is 18.5 Å². The van der Waals surface area contributed by atoms with Gasteiger partial charge in [0.1, 0.15) is 0 Å². The van der Waals surface area contributed by atoms with Crippen molar-refractivity contribution < 1.29 is 4.74 Å². The van der Waals surface area contributed by atoms with Crippen molar-refractivity contribution >= 4 is 0 Å². The van der Waals surface area contributed by atoms with Crippen LogP contribution in [0.5, 0.6) is 0 Å². The predicted molar refractivity (Wildman–Crippen MR) is 72.5 cm³/mol. The van der Waals surface area contributed by atoms with Crippen LogP contribution in [0.2, 0.25) is 0 Å². The lowest BCUT2D eigenvalue weighted by Gasteiger charge is -2.09. The van der Waals surface area contributed by atoms with Gasteiger partial charge in [-0.3, -0.25) is 0 Å². The van der Waals surface area contributed by atoms with Crippen LogP contribution in [-0.4, -0.2) is 29.3 Å². The smallest absolute Gasteiger partial charge is 0.0951 e. The Morgan fingerprint density at radius 1 is 1.50 bits per heavy atom. The molecule has 1 aliphatic carbocycles. The van der Waals surface area contributed by atoms with E-state index < -0.39 is 0 Å². The average molecular weight is 251 g/mol. The summed E-state index contributed by atoms with van der Waals surface area (Å²) < 4.78 is 7.85. The molecule has 1 saturated carbocycles. The zero-order valence-corrected chi connectivity index (χ0v) is 11.6. The van der Waals surface area contributed by atoms with E-state index in [4.69, 9.17) is 4.74 Å². The normalized spacial score (nSPS) is 15.5. The first-order chi connectivity index (χ1) is 8.77. The van der Waals surface area contributed by atoms with Crippen LogP contribution in [0, 0.1) is 5.92 Å². The molecular formula is C14H25N3O. The van der Waals surface area contributed by atoms with E-state index in [-0.39, 0.29) is 0 Å². The summed E-state index contributed by atoms with van der Waals surface area (Å²) in [5.74, 6) is 0.630. The van der Waals surface area contributed by atoms with Crippen LogP contribution in [0.3, 0.4) is 0 Å². The second-order valence-electron chi connectivity index (χ2n) is 5.52. The third-order valence-electron chi connectivity index (χ3n) is 3.09. The van der Waals surface area contributed by atoms with E-state index in [9.17, 15) is 0 Å². The molecule has 1 aromatic heterocycles. The number of ether oxygens (including phenoxy) is 1. The highest BCUT2D eigenvalue weighted by Crippen LogP contribution is 2.35. The minimum absolute atomic E-state index is 0.630. The maximum atomic E-state index is 5.55. The molecule has 1 aromatic rings. The molecule has 0 radical (unpaired) electrons. The summed E-state index contributed by atoms with van der Waals surface area (Å²) in [6.07, 6.45) is 7.63. The van der Waals surface area contributed by atoms with Crippen molar-refractivity contribution in [1.29, 1.82) is 0 Å². The monoisotopic (exact) mass is 251 g/mol. The van der Waals surface area contributed by atoms with E-state index in [0.717, 1.165) is 38.8 Å². The van der Waals surface area contributed by atoms with Gasteiger partial charge in [-0.05, 0) is 31.7 Å². The molecule has 0 unspecified atom stereocenters. The van der Waals surface area contributed by atoms with Crippen LogP contribution >= 0.6 is 0 Å². The Hall–Kier alpha value is -0.870. The number of imidazole rings is 1. The van der Waals surface area contributed by atoms with E-state index in [2.05, 4.69) is 28.7 Å². The quantitative estimate of drug-likeness (QED) is 0.685. The Bertz CT molecular complexity index is 345. The van der Waals surface area contributed by atoms with E-state index in [1.54, 1.807) is 0 Å². The standard InChI is InChI=1S/C14H25N3O/c1-12(2)10-18-7-3-6-15-8-14-9-16-11-17(14)13-4-5-13/h9,11-13,15H,3-8,10H2,1-2H3. The van der Waals surface area contributed by atoms with Crippen molar-refractivity contribution in [3.05, 3.63) is 18.2 Å². The summed E-state index contributed by atoms with van der Waals surface area (Å²) in [5.41, 5.74) is 1.31. The van der Waals surface area contributed by atoms with Crippen molar-refractivity contribution in [2.45, 2.75) is 45.7 Å². The molecule has 0 saturated heterocycles. The highest BCUT2D eigenvalue weighted by Gasteiger charge is 2.24. The van der Waals surface area contributed by atoms with Crippen molar-refractivity contribution in [3.63, 3.8) is 0 Å². The van der Waals surface area contributed by atoms with Gasteiger partial charge in [-0.1, -0.05) is 13.8 Å². The fourth-order valence-corrected chi connectivity index (χ4v) is 1.99. The van der Waals surface area contributed by atoms with Gasteiger partial charge in [0.25, 0.3) is 0 Å². The number of aromatic nitrogens is 2. The van der Waals surface area contributed by atoms with Crippen LogP contribution < -0.4 is 5.32 Å². The fourth-order valence-electron chi connectivity index (χ4n) is 1.99. The van der Waals surface area contributed by atoms with E-state index in [1.807, 2.05) is 12.5 Å². The first-order valence-electron chi connectivity index (χ1n) is 7.06. The van der Waals surface area contributed by atoms with Crippen LogP contribution in [0.4, 0.5) is 0 Å². The fraction of sp³-hybridized carbons (Fsp3) is 0.786. The number of nitrogens with one attached hydrogen (secondary N) is 1. The second kappa shape index (κ2) is 6.90. The molecule has 2 rings (SSSR count). The van der Waals surface area contributed by atoms with Gasteiger partial charge in [0.05, 0.1) is 12.0 Å². The summed E-state index contributed by atoms with van der Waals surface area (Å²) in [5, 5.41) is 3.46. The van der Waals surface area contributed by atoms with Gasteiger partial charge in [-0.15, -0.1) is 0 Å². The Labute approximate surface area is 110 Å². The first-order valence-corrected chi connectivity index (χ1v) is 7.06. The molecule has 0 bridgehead atoms. The molecule has 0 aliphatic heterocycles. The molecular weight excluding hydrogens is 226 g/mol. The Balaban J connectivity index is 1.54. The van der Waals surface area contributed by atoms with Gasteiger partial charge in [0.2, 0.25) is 0 Å². The molecule has 0 amide bonds. The minimum Gasteiger partial charge on any atom is -0.381 e. The molecule has 1 fully saturated rings. The highest BCUT2D eigenvalue weighted by atomic mass is 16.5. The maximum absolute atomic E-state index is 5.55. The number of hydrogen-bond donors (Lipinski definition) is 1. The zero-order chi connectivity index (χ0) is 12.8. The summed E-state index contributed by atoms with van der Waals surface area (Å²) in [6.45, 7) is 8.00. The summed E-state index contributed by atoms with van der Waals surface area (Å²) in [4.78, 5) is 4.23. The lowest BCUT2D eigenvalue weighted by Crippen LogP contribution is -2.18. The van der Waals surface area contributed by atoms with Crippen LogP contribution in [0.15, 0.2) is 12.5 Å². The van der Waals surface area contributed by atoms with E-state index in [0.29, 0.717) is 5.92 Å². The lowest BCUT2D eigenvalue weighted by atomic mass is 10.2. The molecule has 18 heavy (non-hydrogen) atoms. The van der Waals surface area contributed by atoms with E-state index >= 15 is 0 Å². The third kappa shape index (κ3) is 4.42.